The second-order valence-electron chi connectivity index (χ2n) is 2.68. The highest BCUT2D eigenvalue weighted by Crippen LogP contribution is 2.19. The molecule has 0 aliphatic carbocycles. The summed E-state index contributed by atoms with van der Waals surface area (Å²) in [6, 6.07) is 3.92. The highest BCUT2D eigenvalue weighted by molar-refractivity contribution is 5.56. The Morgan fingerprint density at radius 3 is 2.85 bits per heavy atom. The number of halogens is 1. The number of phenols is 1. The number of nitrogens with two attached hydrogens (primary N) is 1. The lowest BCUT2D eigenvalue weighted by atomic mass is 10.1. The Labute approximate surface area is 76.5 Å². The lowest BCUT2D eigenvalue weighted by molar-refractivity contribution is 0.468. The summed E-state index contributed by atoms with van der Waals surface area (Å²) in [6.07, 6.45) is 4.31. The van der Waals surface area contributed by atoms with E-state index in [0.717, 1.165) is 12.5 Å². The predicted octanol–water partition coefficient (Wildman–Crippen LogP) is 1.89. The number of hydrogen-bond acceptors (Lipinski definition) is 2. The van der Waals surface area contributed by atoms with Crippen molar-refractivity contribution < 1.29 is 9.50 Å². The molecule has 0 aliphatic rings. The fourth-order valence-corrected chi connectivity index (χ4v) is 0.964. The molecule has 0 saturated heterocycles. The maximum absolute atomic E-state index is 12.5. The number of benzene rings is 1. The summed E-state index contributed by atoms with van der Waals surface area (Å²) in [4.78, 5) is 0. The van der Waals surface area contributed by atoms with Gasteiger partial charge in [-0.1, -0.05) is 12.2 Å². The molecule has 2 nitrogen and oxygen atoms in total. The first-order valence-electron chi connectivity index (χ1n) is 4.09. The molecule has 1 rings (SSSR count). The topological polar surface area (TPSA) is 46.2 Å². The summed E-state index contributed by atoms with van der Waals surface area (Å²) in [5.41, 5.74) is 5.89. The van der Waals surface area contributed by atoms with Crippen molar-refractivity contribution in [1.82, 2.24) is 0 Å². The third-order valence-electron chi connectivity index (χ3n) is 1.62. The van der Waals surface area contributed by atoms with Gasteiger partial charge in [-0.05, 0) is 25.1 Å². The molecule has 70 valence electrons. The number of hydrogen-bond donors (Lipinski definition) is 2. The van der Waals surface area contributed by atoms with E-state index in [-0.39, 0.29) is 5.75 Å². The molecule has 0 heterocycles. The maximum atomic E-state index is 12.5. The van der Waals surface area contributed by atoms with Gasteiger partial charge in [0.05, 0.1) is 0 Å². The summed E-state index contributed by atoms with van der Waals surface area (Å²) in [7, 11) is 0. The Bertz CT molecular complexity index is 310. The summed E-state index contributed by atoms with van der Waals surface area (Å²) in [5.74, 6) is -0.484. The first kappa shape index (κ1) is 9.74. The highest BCUT2D eigenvalue weighted by Gasteiger charge is 1.97. The minimum atomic E-state index is -0.437. The van der Waals surface area contributed by atoms with Crippen molar-refractivity contribution in [2.75, 3.05) is 6.54 Å². The molecule has 0 radical (unpaired) electrons. The van der Waals surface area contributed by atoms with Crippen LogP contribution < -0.4 is 5.73 Å². The maximum Gasteiger partial charge on any atom is 0.126 e. The SMILES string of the molecule is NCCC=Cc1ccc(F)cc1O. The quantitative estimate of drug-likeness (QED) is 0.748. The van der Waals surface area contributed by atoms with Gasteiger partial charge in [-0.15, -0.1) is 0 Å². The zero-order valence-corrected chi connectivity index (χ0v) is 7.20. The smallest absolute Gasteiger partial charge is 0.126 e. The summed E-state index contributed by atoms with van der Waals surface area (Å²) >= 11 is 0. The van der Waals surface area contributed by atoms with Gasteiger partial charge < -0.3 is 10.8 Å². The van der Waals surface area contributed by atoms with Crippen molar-refractivity contribution in [3.05, 3.63) is 35.7 Å². The van der Waals surface area contributed by atoms with Gasteiger partial charge in [0, 0.05) is 11.6 Å². The fourth-order valence-electron chi connectivity index (χ4n) is 0.964. The first-order chi connectivity index (χ1) is 6.24. The van der Waals surface area contributed by atoms with Crippen LogP contribution in [0.3, 0.4) is 0 Å². The first-order valence-corrected chi connectivity index (χ1v) is 4.09. The van der Waals surface area contributed by atoms with Gasteiger partial charge in [-0.25, -0.2) is 4.39 Å². The van der Waals surface area contributed by atoms with E-state index in [4.69, 9.17) is 5.73 Å². The van der Waals surface area contributed by atoms with E-state index >= 15 is 0 Å². The van der Waals surface area contributed by atoms with E-state index in [9.17, 15) is 9.50 Å². The predicted molar refractivity (Wildman–Crippen MR) is 50.8 cm³/mol. The van der Waals surface area contributed by atoms with Crippen LogP contribution >= 0.6 is 0 Å². The Hall–Kier alpha value is -1.35. The average Bonchev–Trinajstić information content (AvgIpc) is 2.09. The fraction of sp³-hybridized carbons (Fsp3) is 0.200. The molecular weight excluding hydrogens is 169 g/mol. The zero-order chi connectivity index (χ0) is 9.68. The average molecular weight is 181 g/mol. The van der Waals surface area contributed by atoms with Crippen LogP contribution in [0, 0.1) is 5.82 Å². The van der Waals surface area contributed by atoms with E-state index in [2.05, 4.69) is 0 Å². The third kappa shape index (κ3) is 2.87. The van der Waals surface area contributed by atoms with Crippen molar-refractivity contribution in [2.24, 2.45) is 5.73 Å². The molecule has 3 N–H and O–H groups in total. The van der Waals surface area contributed by atoms with Gasteiger partial charge in [0.25, 0.3) is 0 Å². The van der Waals surface area contributed by atoms with Crippen LogP contribution in [-0.2, 0) is 0 Å². The molecule has 0 aromatic heterocycles. The molecule has 3 heteroatoms. The second-order valence-corrected chi connectivity index (χ2v) is 2.68. The molecular formula is C10H12FNO. The molecule has 13 heavy (non-hydrogen) atoms. The lowest BCUT2D eigenvalue weighted by Crippen LogP contribution is -1.94. The van der Waals surface area contributed by atoms with E-state index in [1.165, 1.54) is 12.1 Å². The minimum Gasteiger partial charge on any atom is -0.507 e. The van der Waals surface area contributed by atoms with Gasteiger partial charge in [0.1, 0.15) is 11.6 Å². The molecule has 0 amide bonds. The number of rotatable bonds is 3. The molecule has 0 spiro atoms. The molecule has 0 saturated carbocycles. The van der Waals surface area contributed by atoms with Crippen molar-refractivity contribution in [1.29, 1.82) is 0 Å². The van der Waals surface area contributed by atoms with Crippen molar-refractivity contribution in [2.45, 2.75) is 6.42 Å². The van der Waals surface area contributed by atoms with E-state index in [1.54, 1.807) is 6.08 Å². The van der Waals surface area contributed by atoms with Gasteiger partial charge in [0.15, 0.2) is 0 Å². The normalized spacial score (nSPS) is 10.9. The van der Waals surface area contributed by atoms with Gasteiger partial charge in [-0.2, -0.15) is 0 Å². The van der Waals surface area contributed by atoms with Crippen LogP contribution in [-0.4, -0.2) is 11.7 Å². The molecule has 0 atom stereocenters. The van der Waals surface area contributed by atoms with Crippen molar-refractivity contribution in [3.8, 4) is 5.75 Å². The standard InChI is InChI=1S/C10H12FNO/c11-9-5-4-8(10(13)7-9)3-1-2-6-12/h1,3-5,7,13H,2,6,12H2. The van der Waals surface area contributed by atoms with Gasteiger partial charge in [0.2, 0.25) is 0 Å². The van der Waals surface area contributed by atoms with Crippen LogP contribution in [0.5, 0.6) is 5.75 Å². The zero-order valence-electron chi connectivity index (χ0n) is 7.20. The number of phenolic OH excluding ortho intramolecular Hbond substituents is 1. The molecule has 0 unspecified atom stereocenters. The van der Waals surface area contributed by atoms with Crippen LogP contribution in [0.15, 0.2) is 24.3 Å². The second kappa shape index (κ2) is 4.62. The Kier molecular flexibility index (Phi) is 3.46. The minimum absolute atomic E-state index is 0.0479. The van der Waals surface area contributed by atoms with Gasteiger partial charge >= 0.3 is 0 Å². The number of aromatic hydroxyl groups is 1. The van der Waals surface area contributed by atoms with Crippen molar-refractivity contribution >= 4 is 6.08 Å². The molecule has 0 fully saturated rings. The molecule has 0 aliphatic heterocycles. The Morgan fingerprint density at radius 2 is 2.23 bits per heavy atom. The van der Waals surface area contributed by atoms with Crippen LogP contribution in [0.2, 0.25) is 0 Å². The molecule has 1 aromatic carbocycles. The lowest BCUT2D eigenvalue weighted by Gasteiger charge is -1.97. The molecule has 0 bridgehead atoms. The summed E-state index contributed by atoms with van der Waals surface area (Å²) in [6.45, 7) is 0.568. The molecule has 1 aromatic rings. The van der Waals surface area contributed by atoms with E-state index in [1.807, 2.05) is 6.08 Å². The summed E-state index contributed by atoms with van der Waals surface area (Å²) < 4.78 is 12.5. The Balaban J connectivity index is 2.77. The van der Waals surface area contributed by atoms with E-state index in [0.29, 0.717) is 12.1 Å². The van der Waals surface area contributed by atoms with Gasteiger partial charge in [-0.3, -0.25) is 0 Å². The Morgan fingerprint density at radius 1 is 1.46 bits per heavy atom. The summed E-state index contributed by atoms with van der Waals surface area (Å²) in [5, 5.41) is 9.27. The highest BCUT2D eigenvalue weighted by atomic mass is 19.1. The third-order valence-corrected chi connectivity index (χ3v) is 1.62. The monoisotopic (exact) mass is 181 g/mol. The van der Waals surface area contributed by atoms with Crippen LogP contribution in [0.1, 0.15) is 12.0 Å². The van der Waals surface area contributed by atoms with Crippen molar-refractivity contribution in [3.63, 3.8) is 0 Å². The van der Waals surface area contributed by atoms with E-state index < -0.39 is 5.82 Å². The van der Waals surface area contributed by atoms with Crippen LogP contribution in [0.25, 0.3) is 6.08 Å². The largest absolute Gasteiger partial charge is 0.507 e. The van der Waals surface area contributed by atoms with Crippen LogP contribution in [0.4, 0.5) is 4.39 Å².